The first kappa shape index (κ1) is 14.5. The van der Waals surface area contributed by atoms with E-state index in [-0.39, 0.29) is 5.38 Å². The summed E-state index contributed by atoms with van der Waals surface area (Å²) in [6, 6.07) is 6.06. The van der Waals surface area contributed by atoms with Gasteiger partial charge in [0.1, 0.15) is 0 Å². The van der Waals surface area contributed by atoms with Crippen LogP contribution in [0, 0.1) is 11.8 Å². The lowest BCUT2D eigenvalue weighted by Gasteiger charge is -2.14. The summed E-state index contributed by atoms with van der Waals surface area (Å²) in [5, 5.41) is 0.0528. The van der Waals surface area contributed by atoms with Gasteiger partial charge < -0.3 is 9.47 Å². The molecule has 0 spiro atoms. The summed E-state index contributed by atoms with van der Waals surface area (Å²) in [5.74, 6) is 2.77. The Morgan fingerprint density at radius 3 is 2.53 bits per heavy atom. The van der Waals surface area contributed by atoms with Crippen LogP contribution in [0.4, 0.5) is 0 Å². The first-order valence-electron chi connectivity index (χ1n) is 7.10. The number of fused-ring (bicyclic) bond motifs is 1. The second-order valence-corrected chi connectivity index (χ2v) is 6.40. The minimum atomic E-state index is 0.0528. The topological polar surface area (TPSA) is 18.5 Å². The van der Waals surface area contributed by atoms with Gasteiger partial charge in [0.05, 0.1) is 18.6 Å². The molecule has 0 amide bonds. The second-order valence-electron chi connectivity index (χ2n) is 5.87. The maximum atomic E-state index is 6.47. The maximum absolute atomic E-state index is 6.47. The molecule has 19 heavy (non-hydrogen) atoms. The Labute approximate surface area is 121 Å². The third-order valence-electron chi connectivity index (χ3n) is 3.37. The molecular weight excluding hydrogens is 260 g/mol. The highest BCUT2D eigenvalue weighted by Gasteiger charge is 2.17. The predicted octanol–water partition coefficient (Wildman–Crippen LogP) is 4.81. The van der Waals surface area contributed by atoms with Gasteiger partial charge in [-0.25, -0.2) is 0 Å². The normalized spacial score (nSPS) is 20.2. The molecule has 2 nitrogen and oxygen atoms in total. The summed E-state index contributed by atoms with van der Waals surface area (Å²) in [7, 11) is 0. The van der Waals surface area contributed by atoms with E-state index >= 15 is 0 Å². The number of alkyl halides is 1. The Morgan fingerprint density at radius 1 is 1.16 bits per heavy atom. The van der Waals surface area contributed by atoms with Crippen molar-refractivity contribution in [1.29, 1.82) is 0 Å². The Balaban J connectivity index is 2.08. The molecule has 1 aliphatic rings. The van der Waals surface area contributed by atoms with E-state index < -0.39 is 0 Å². The van der Waals surface area contributed by atoms with Crippen LogP contribution in [0.3, 0.4) is 0 Å². The van der Waals surface area contributed by atoms with Crippen molar-refractivity contribution in [3.8, 4) is 11.5 Å². The molecule has 0 aliphatic carbocycles. The summed E-state index contributed by atoms with van der Waals surface area (Å²) in [5.41, 5.74) is 1.12. The fraction of sp³-hybridized carbons (Fsp3) is 0.625. The van der Waals surface area contributed by atoms with Gasteiger partial charge in [0, 0.05) is 5.92 Å². The van der Waals surface area contributed by atoms with Crippen molar-refractivity contribution < 1.29 is 9.47 Å². The quantitative estimate of drug-likeness (QED) is 0.738. The molecule has 1 aromatic rings. The Morgan fingerprint density at radius 2 is 1.84 bits per heavy atom. The molecule has 3 heteroatoms. The van der Waals surface area contributed by atoms with E-state index in [0.29, 0.717) is 25.0 Å². The average molecular weight is 283 g/mol. The van der Waals surface area contributed by atoms with Crippen LogP contribution in [0.1, 0.15) is 44.6 Å². The Hall–Kier alpha value is -0.890. The van der Waals surface area contributed by atoms with Crippen LogP contribution in [0.15, 0.2) is 18.2 Å². The lowest BCUT2D eigenvalue weighted by atomic mass is 10.0. The van der Waals surface area contributed by atoms with Crippen LogP contribution in [-0.2, 0) is 0 Å². The third kappa shape index (κ3) is 4.04. The van der Waals surface area contributed by atoms with Crippen LogP contribution in [0.2, 0.25) is 0 Å². The van der Waals surface area contributed by atoms with Crippen molar-refractivity contribution in [2.24, 2.45) is 11.8 Å². The summed E-state index contributed by atoms with van der Waals surface area (Å²) >= 11 is 6.47. The highest BCUT2D eigenvalue weighted by atomic mass is 35.5. The lowest BCUT2D eigenvalue weighted by Crippen LogP contribution is -2.12. The number of benzene rings is 1. The first-order valence-corrected chi connectivity index (χ1v) is 7.53. The van der Waals surface area contributed by atoms with Crippen molar-refractivity contribution in [3.05, 3.63) is 23.8 Å². The molecule has 0 fully saturated rings. The van der Waals surface area contributed by atoms with E-state index in [1.807, 2.05) is 12.1 Å². The highest BCUT2D eigenvalue weighted by molar-refractivity contribution is 6.20. The molecule has 0 radical (unpaired) electrons. The van der Waals surface area contributed by atoms with Crippen LogP contribution in [-0.4, -0.2) is 13.2 Å². The minimum absolute atomic E-state index is 0.0528. The Bertz CT molecular complexity index is 417. The van der Waals surface area contributed by atoms with Crippen LogP contribution in [0.25, 0.3) is 0 Å². The summed E-state index contributed by atoms with van der Waals surface area (Å²) in [6.45, 7) is 7.98. The molecule has 2 rings (SSSR count). The van der Waals surface area contributed by atoms with E-state index in [1.165, 1.54) is 0 Å². The van der Waals surface area contributed by atoms with Gasteiger partial charge in [0.15, 0.2) is 11.5 Å². The Kier molecular flexibility index (Phi) is 4.98. The standard InChI is InChI=1S/C16H23ClO2/c1-11(2)4-6-14(17)13-5-7-15-16(8-13)19-10-12(3)9-18-15/h5,7-8,11-12,14H,4,6,9-10H2,1-3H3. The van der Waals surface area contributed by atoms with Crippen molar-refractivity contribution in [2.45, 2.75) is 39.0 Å². The van der Waals surface area contributed by atoms with Gasteiger partial charge in [0.2, 0.25) is 0 Å². The number of hydrogen-bond donors (Lipinski definition) is 0. The lowest BCUT2D eigenvalue weighted by molar-refractivity contribution is 0.228. The zero-order chi connectivity index (χ0) is 13.8. The zero-order valence-corrected chi connectivity index (χ0v) is 12.7. The molecule has 2 unspecified atom stereocenters. The smallest absolute Gasteiger partial charge is 0.161 e. The molecule has 0 N–H and O–H groups in total. The predicted molar refractivity (Wildman–Crippen MR) is 79.3 cm³/mol. The molecule has 106 valence electrons. The fourth-order valence-electron chi connectivity index (χ4n) is 2.11. The molecule has 0 aromatic heterocycles. The molecule has 0 saturated carbocycles. The summed E-state index contributed by atoms with van der Waals surface area (Å²) < 4.78 is 11.5. The first-order chi connectivity index (χ1) is 9.06. The van der Waals surface area contributed by atoms with E-state index in [2.05, 4.69) is 26.8 Å². The van der Waals surface area contributed by atoms with E-state index in [0.717, 1.165) is 29.9 Å². The third-order valence-corrected chi connectivity index (χ3v) is 3.84. The molecule has 2 atom stereocenters. The van der Waals surface area contributed by atoms with Crippen molar-refractivity contribution in [1.82, 2.24) is 0 Å². The van der Waals surface area contributed by atoms with Gasteiger partial charge in [-0.2, -0.15) is 0 Å². The van der Waals surface area contributed by atoms with Crippen molar-refractivity contribution in [2.75, 3.05) is 13.2 Å². The van der Waals surface area contributed by atoms with Gasteiger partial charge in [-0.15, -0.1) is 11.6 Å². The van der Waals surface area contributed by atoms with Crippen LogP contribution in [0.5, 0.6) is 11.5 Å². The average Bonchev–Trinajstić information content (AvgIpc) is 2.58. The molecule has 0 saturated heterocycles. The van der Waals surface area contributed by atoms with Gasteiger partial charge >= 0.3 is 0 Å². The van der Waals surface area contributed by atoms with Crippen LogP contribution >= 0.6 is 11.6 Å². The van der Waals surface area contributed by atoms with Crippen molar-refractivity contribution >= 4 is 11.6 Å². The molecule has 0 bridgehead atoms. The van der Waals surface area contributed by atoms with E-state index in [4.69, 9.17) is 21.1 Å². The molecule has 1 aromatic carbocycles. The molecular formula is C16H23ClO2. The number of hydrogen-bond acceptors (Lipinski definition) is 2. The molecule has 1 heterocycles. The van der Waals surface area contributed by atoms with E-state index in [9.17, 15) is 0 Å². The van der Waals surface area contributed by atoms with E-state index in [1.54, 1.807) is 0 Å². The number of halogens is 1. The van der Waals surface area contributed by atoms with Crippen LogP contribution < -0.4 is 9.47 Å². The largest absolute Gasteiger partial charge is 0.489 e. The van der Waals surface area contributed by atoms with Crippen molar-refractivity contribution in [3.63, 3.8) is 0 Å². The minimum Gasteiger partial charge on any atom is -0.489 e. The summed E-state index contributed by atoms with van der Waals surface area (Å²) in [6.07, 6.45) is 2.13. The fourth-order valence-corrected chi connectivity index (χ4v) is 2.37. The van der Waals surface area contributed by atoms with Gasteiger partial charge in [-0.05, 0) is 36.5 Å². The maximum Gasteiger partial charge on any atom is 0.161 e. The monoisotopic (exact) mass is 282 g/mol. The SMILES string of the molecule is CC(C)CCC(Cl)c1ccc2c(c1)OCC(C)CO2. The number of rotatable bonds is 4. The highest BCUT2D eigenvalue weighted by Crippen LogP contribution is 2.36. The van der Waals surface area contributed by atoms with Gasteiger partial charge in [-0.3, -0.25) is 0 Å². The zero-order valence-electron chi connectivity index (χ0n) is 12.0. The second kappa shape index (κ2) is 6.51. The van der Waals surface area contributed by atoms with Gasteiger partial charge in [0.25, 0.3) is 0 Å². The summed E-state index contributed by atoms with van der Waals surface area (Å²) in [4.78, 5) is 0. The molecule has 1 aliphatic heterocycles. The number of ether oxygens (including phenoxy) is 2. The van der Waals surface area contributed by atoms with Gasteiger partial charge in [-0.1, -0.05) is 26.8 Å².